The quantitative estimate of drug-likeness (QED) is 0.693. The van der Waals surface area contributed by atoms with Crippen LogP contribution in [0.25, 0.3) is 0 Å². The van der Waals surface area contributed by atoms with Crippen LogP contribution >= 0.6 is 0 Å². The Morgan fingerprint density at radius 3 is 2.48 bits per heavy atom. The third-order valence-electron chi connectivity index (χ3n) is 7.47. The van der Waals surface area contributed by atoms with Crippen molar-refractivity contribution in [2.75, 3.05) is 37.6 Å². The molecule has 176 valence electrons. The summed E-state index contributed by atoms with van der Waals surface area (Å²) in [6, 6.07) is 3.98. The third kappa shape index (κ3) is 4.03. The molecule has 4 amide bonds. The second-order valence-electron chi connectivity index (χ2n) is 9.84. The van der Waals surface area contributed by atoms with Gasteiger partial charge in [0.15, 0.2) is 0 Å². The van der Waals surface area contributed by atoms with E-state index >= 15 is 4.39 Å². The van der Waals surface area contributed by atoms with Gasteiger partial charge in [-0.05, 0) is 49.9 Å². The van der Waals surface area contributed by atoms with Crippen molar-refractivity contribution in [3.8, 4) is 0 Å². The van der Waals surface area contributed by atoms with Crippen molar-refractivity contribution in [2.45, 2.75) is 44.8 Å². The Hall–Kier alpha value is -2.81. The van der Waals surface area contributed by atoms with Crippen molar-refractivity contribution in [1.82, 2.24) is 15.1 Å². The van der Waals surface area contributed by atoms with Crippen molar-refractivity contribution in [1.29, 1.82) is 0 Å². The minimum Gasteiger partial charge on any atom is -0.369 e. The van der Waals surface area contributed by atoms with Crippen molar-refractivity contribution in [2.24, 2.45) is 11.8 Å². The molecular weight excluding hydrogens is 427 g/mol. The summed E-state index contributed by atoms with van der Waals surface area (Å²) < 4.78 is 15.1. The molecule has 4 heterocycles. The molecule has 0 bridgehead atoms. The molecular formula is C24H29FN4O4. The predicted octanol–water partition coefficient (Wildman–Crippen LogP) is 1.59. The number of fused-ring (bicyclic) bond motifs is 1. The minimum atomic E-state index is -0.988. The average molecular weight is 457 g/mol. The van der Waals surface area contributed by atoms with Gasteiger partial charge >= 0.3 is 0 Å². The molecule has 3 saturated heterocycles. The van der Waals surface area contributed by atoms with Crippen LogP contribution in [0.1, 0.15) is 53.3 Å². The highest BCUT2D eigenvalue weighted by Gasteiger charge is 2.45. The lowest BCUT2D eigenvalue weighted by Gasteiger charge is -2.37. The molecule has 1 aromatic carbocycles. The van der Waals surface area contributed by atoms with Crippen LogP contribution in [0.15, 0.2) is 18.2 Å². The van der Waals surface area contributed by atoms with Gasteiger partial charge in [0.25, 0.3) is 11.8 Å². The summed E-state index contributed by atoms with van der Waals surface area (Å²) in [5.74, 6) is -1.42. The number of anilines is 1. The maximum atomic E-state index is 15.1. The highest BCUT2D eigenvalue weighted by molar-refractivity contribution is 6.23. The second-order valence-corrected chi connectivity index (χ2v) is 9.84. The van der Waals surface area contributed by atoms with Crippen molar-refractivity contribution >= 4 is 29.3 Å². The molecule has 8 nitrogen and oxygen atoms in total. The fraction of sp³-hybridized carbons (Fsp3) is 0.583. The van der Waals surface area contributed by atoms with Gasteiger partial charge in [0, 0.05) is 44.2 Å². The van der Waals surface area contributed by atoms with E-state index in [0.29, 0.717) is 18.2 Å². The summed E-state index contributed by atoms with van der Waals surface area (Å²) in [6.07, 6.45) is 1.15. The lowest BCUT2D eigenvalue weighted by Crippen LogP contribution is -2.54. The molecule has 1 N–H and O–H groups in total. The number of rotatable bonds is 4. The third-order valence-corrected chi connectivity index (χ3v) is 7.47. The van der Waals surface area contributed by atoms with Gasteiger partial charge in [0.1, 0.15) is 12.2 Å². The number of halogens is 1. The molecule has 4 aliphatic rings. The fourth-order valence-corrected chi connectivity index (χ4v) is 5.57. The second kappa shape index (κ2) is 8.52. The first kappa shape index (κ1) is 22.0. The van der Waals surface area contributed by atoms with E-state index in [9.17, 15) is 19.2 Å². The molecule has 9 heteroatoms. The van der Waals surface area contributed by atoms with Crippen LogP contribution in [0.3, 0.4) is 0 Å². The molecule has 4 aliphatic heterocycles. The summed E-state index contributed by atoms with van der Waals surface area (Å²) in [4.78, 5) is 54.8. The Balaban J connectivity index is 1.28. The maximum absolute atomic E-state index is 15.1. The molecule has 0 aliphatic carbocycles. The molecule has 0 radical (unpaired) electrons. The molecule has 0 spiro atoms. The highest BCUT2D eigenvalue weighted by Crippen LogP contribution is 2.33. The minimum absolute atomic E-state index is 0.00667. The number of likely N-dealkylation sites (tertiary alicyclic amines) is 1. The molecule has 1 aromatic rings. The number of piperidine rings is 2. The molecule has 0 aromatic heterocycles. The molecule has 0 saturated carbocycles. The summed E-state index contributed by atoms with van der Waals surface area (Å²) in [5, 5.41) is 2.20. The Bertz CT molecular complexity index is 1010. The summed E-state index contributed by atoms with van der Waals surface area (Å²) in [6.45, 7) is 6.04. The first-order valence-corrected chi connectivity index (χ1v) is 11.8. The van der Waals surface area contributed by atoms with E-state index < -0.39 is 35.8 Å². The number of hydrogen-bond acceptors (Lipinski definition) is 6. The van der Waals surface area contributed by atoms with Crippen LogP contribution in [0.4, 0.5) is 10.1 Å². The molecule has 33 heavy (non-hydrogen) atoms. The van der Waals surface area contributed by atoms with E-state index in [0.717, 1.165) is 31.0 Å². The first-order chi connectivity index (χ1) is 15.8. The monoisotopic (exact) mass is 456 g/mol. The standard InChI is InChI=1S/C24H29FN4O4/c1-14-6-8-27(11-14)12-15-7-9-28(13-19(15)25)16-2-3-17-18(10-16)24(33)29(23(17)32)20-4-5-21(30)26-22(20)31/h2-3,10,14-15,19-20H,4-9,11-13H2,1H3,(H,26,30,31)/t14?,15-,19?,20?/m1/s1. The summed E-state index contributed by atoms with van der Waals surface area (Å²) in [7, 11) is 0. The number of nitrogens with zero attached hydrogens (tertiary/aromatic N) is 3. The number of hydrogen-bond donors (Lipinski definition) is 1. The smallest absolute Gasteiger partial charge is 0.262 e. The average Bonchev–Trinajstić information content (AvgIpc) is 3.30. The van der Waals surface area contributed by atoms with Gasteiger partial charge in [0.2, 0.25) is 11.8 Å². The normalized spacial score (nSPS) is 30.7. The SMILES string of the molecule is CC1CCN(C[C@H]2CCN(c3ccc4c(c3)C(=O)N(C3CCC(=O)NC3=O)C4=O)CC2F)C1. The van der Waals surface area contributed by atoms with Crippen LogP contribution in [0.5, 0.6) is 0 Å². The Morgan fingerprint density at radius 2 is 1.79 bits per heavy atom. The highest BCUT2D eigenvalue weighted by atomic mass is 19.1. The fourth-order valence-electron chi connectivity index (χ4n) is 5.57. The summed E-state index contributed by atoms with van der Waals surface area (Å²) >= 11 is 0. The lowest BCUT2D eigenvalue weighted by atomic mass is 9.93. The number of carbonyl (C=O) groups is 4. The van der Waals surface area contributed by atoms with Crippen LogP contribution in [-0.4, -0.2) is 78.4 Å². The van der Waals surface area contributed by atoms with Gasteiger partial charge in [-0.1, -0.05) is 6.92 Å². The zero-order chi connectivity index (χ0) is 23.3. The van der Waals surface area contributed by atoms with Gasteiger partial charge in [0.05, 0.1) is 11.1 Å². The molecule has 3 fully saturated rings. The van der Waals surface area contributed by atoms with Gasteiger partial charge in [-0.2, -0.15) is 0 Å². The zero-order valence-electron chi connectivity index (χ0n) is 18.8. The zero-order valence-corrected chi connectivity index (χ0v) is 18.8. The van der Waals surface area contributed by atoms with Gasteiger partial charge in [-0.25, -0.2) is 4.39 Å². The number of benzene rings is 1. The van der Waals surface area contributed by atoms with Crippen LogP contribution in [-0.2, 0) is 9.59 Å². The Labute approximate surface area is 192 Å². The van der Waals surface area contributed by atoms with E-state index in [2.05, 4.69) is 17.1 Å². The predicted molar refractivity (Wildman–Crippen MR) is 119 cm³/mol. The number of amides is 4. The van der Waals surface area contributed by atoms with Gasteiger partial charge in [-0.3, -0.25) is 29.4 Å². The Morgan fingerprint density at radius 1 is 1.00 bits per heavy atom. The van der Waals surface area contributed by atoms with E-state index in [-0.39, 0.29) is 36.4 Å². The lowest BCUT2D eigenvalue weighted by molar-refractivity contribution is -0.136. The van der Waals surface area contributed by atoms with E-state index in [4.69, 9.17) is 0 Å². The number of imide groups is 2. The van der Waals surface area contributed by atoms with Crippen molar-refractivity contribution < 1.29 is 23.6 Å². The molecule has 5 rings (SSSR count). The van der Waals surface area contributed by atoms with E-state index in [1.54, 1.807) is 18.2 Å². The molecule has 4 atom stereocenters. The van der Waals surface area contributed by atoms with E-state index in [1.807, 2.05) is 4.90 Å². The topological polar surface area (TPSA) is 90.0 Å². The van der Waals surface area contributed by atoms with Crippen molar-refractivity contribution in [3.63, 3.8) is 0 Å². The largest absolute Gasteiger partial charge is 0.369 e. The van der Waals surface area contributed by atoms with Crippen molar-refractivity contribution in [3.05, 3.63) is 29.3 Å². The summed E-state index contributed by atoms with van der Waals surface area (Å²) in [5.41, 5.74) is 1.17. The number of carbonyl (C=O) groups excluding carboxylic acids is 4. The van der Waals surface area contributed by atoms with E-state index in [1.165, 1.54) is 6.42 Å². The van der Waals surface area contributed by atoms with Crippen LogP contribution < -0.4 is 10.2 Å². The first-order valence-electron chi connectivity index (χ1n) is 11.8. The number of nitrogens with one attached hydrogen (secondary N) is 1. The maximum Gasteiger partial charge on any atom is 0.262 e. The van der Waals surface area contributed by atoms with Crippen LogP contribution in [0, 0.1) is 11.8 Å². The molecule has 3 unspecified atom stereocenters. The van der Waals surface area contributed by atoms with Gasteiger partial charge < -0.3 is 9.80 Å². The van der Waals surface area contributed by atoms with Gasteiger partial charge in [-0.15, -0.1) is 0 Å². The Kier molecular flexibility index (Phi) is 5.68. The number of alkyl halides is 1. The van der Waals surface area contributed by atoms with Crippen LogP contribution in [0.2, 0.25) is 0 Å².